The first-order valence-electron chi connectivity index (χ1n) is 9.34. The summed E-state index contributed by atoms with van der Waals surface area (Å²) in [7, 11) is 0. The third-order valence-corrected chi connectivity index (χ3v) is 5.18. The minimum atomic E-state index is -0.262. The predicted octanol–water partition coefficient (Wildman–Crippen LogP) is 5.28. The minimum Gasteiger partial charge on any atom is -0.445 e. The van der Waals surface area contributed by atoms with E-state index in [0.717, 1.165) is 17.5 Å². The zero-order valence-corrected chi connectivity index (χ0v) is 15.5. The van der Waals surface area contributed by atoms with Crippen LogP contribution in [0.25, 0.3) is 0 Å². The van der Waals surface area contributed by atoms with Gasteiger partial charge < -0.3 is 4.74 Å². The van der Waals surface area contributed by atoms with Crippen LogP contribution in [0.5, 0.6) is 0 Å². The van der Waals surface area contributed by atoms with Gasteiger partial charge >= 0.3 is 6.09 Å². The lowest BCUT2D eigenvalue weighted by Gasteiger charge is -2.38. The largest absolute Gasteiger partial charge is 0.445 e. The molecule has 0 N–H and O–H groups in total. The van der Waals surface area contributed by atoms with Crippen molar-refractivity contribution in [3.05, 3.63) is 107 Å². The maximum atomic E-state index is 13.0. The van der Waals surface area contributed by atoms with E-state index in [9.17, 15) is 4.79 Å². The molecule has 1 aliphatic rings. The fraction of sp³-hybridized carbons (Fsp3) is 0.208. The SMILES string of the molecule is Cc1cccc2c1C(c1ccccc1)N(C(=O)OCc1ccccc1)CC2. The van der Waals surface area contributed by atoms with Crippen LogP contribution >= 0.6 is 0 Å². The van der Waals surface area contributed by atoms with Gasteiger partial charge in [0.15, 0.2) is 0 Å². The van der Waals surface area contributed by atoms with Gasteiger partial charge in [0, 0.05) is 6.54 Å². The van der Waals surface area contributed by atoms with Crippen LogP contribution in [0.3, 0.4) is 0 Å². The number of hydrogen-bond acceptors (Lipinski definition) is 2. The number of fused-ring (bicyclic) bond motifs is 1. The number of benzene rings is 3. The first-order chi connectivity index (χ1) is 13.2. The molecule has 0 saturated carbocycles. The topological polar surface area (TPSA) is 29.5 Å². The van der Waals surface area contributed by atoms with Crippen molar-refractivity contribution in [1.82, 2.24) is 4.90 Å². The average Bonchev–Trinajstić information content (AvgIpc) is 2.73. The van der Waals surface area contributed by atoms with Crippen LogP contribution in [0, 0.1) is 6.92 Å². The fourth-order valence-electron chi connectivity index (χ4n) is 3.86. The zero-order chi connectivity index (χ0) is 18.6. The second-order valence-corrected chi connectivity index (χ2v) is 6.94. The molecule has 3 aromatic rings. The molecule has 0 aromatic heterocycles. The second-order valence-electron chi connectivity index (χ2n) is 6.94. The Morgan fingerprint density at radius 2 is 1.67 bits per heavy atom. The summed E-state index contributed by atoms with van der Waals surface area (Å²) in [5, 5.41) is 0. The summed E-state index contributed by atoms with van der Waals surface area (Å²) < 4.78 is 5.66. The summed E-state index contributed by atoms with van der Waals surface area (Å²) in [5.74, 6) is 0. The van der Waals surface area contributed by atoms with Gasteiger partial charge in [-0.15, -0.1) is 0 Å². The van der Waals surface area contributed by atoms with E-state index in [4.69, 9.17) is 4.74 Å². The number of rotatable bonds is 3. The highest BCUT2D eigenvalue weighted by molar-refractivity contribution is 5.70. The van der Waals surface area contributed by atoms with Gasteiger partial charge in [-0.1, -0.05) is 78.9 Å². The maximum Gasteiger partial charge on any atom is 0.410 e. The van der Waals surface area contributed by atoms with Crippen molar-refractivity contribution in [1.29, 1.82) is 0 Å². The molecule has 3 heteroatoms. The van der Waals surface area contributed by atoms with Crippen molar-refractivity contribution in [2.45, 2.75) is 26.0 Å². The van der Waals surface area contributed by atoms with Crippen molar-refractivity contribution in [2.24, 2.45) is 0 Å². The summed E-state index contributed by atoms with van der Waals surface area (Å²) in [6.45, 7) is 3.07. The Hall–Kier alpha value is -3.07. The van der Waals surface area contributed by atoms with Crippen molar-refractivity contribution in [3.63, 3.8) is 0 Å². The Labute approximate surface area is 160 Å². The highest BCUT2D eigenvalue weighted by Crippen LogP contribution is 2.37. The third kappa shape index (κ3) is 3.59. The molecule has 1 heterocycles. The Kier molecular flexibility index (Phi) is 4.93. The summed E-state index contributed by atoms with van der Waals surface area (Å²) in [6.07, 6.45) is 0.586. The molecule has 1 unspecified atom stereocenters. The van der Waals surface area contributed by atoms with Crippen LogP contribution < -0.4 is 0 Å². The molecule has 1 amide bonds. The number of amides is 1. The molecule has 1 atom stereocenters. The molecule has 0 aliphatic carbocycles. The van der Waals surface area contributed by atoms with Gasteiger partial charge in [-0.25, -0.2) is 4.79 Å². The Balaban J connectivity index is 1.65. The molecule has 3 aromatic carbocycles. The lowest BCUT2D eigenvalue weighted by atomic mass is 9.85. The van der Waals surface area contributed by atoms with Crippen LogP contribution in [0.4, 0.5) is 4.79 Å². The van der Waals surface area contributed by atoms with Gasteiger partial charge in [0.05, 0.1) is 6.04 Å². The van der Waals surface area contributed by atoms with E-state index in [1.165, 1.54) is 16.7 Å². The van der Waals surface area contributed by atoms with E-state index < -0.39 is 0 Å². The molecule has 27 heavy (non-hydrogen) atoms. The predicted molar refractivity (Wildman–Crippen MR) is 107 cm³/mol. The zero-order valence-electron chi connectivity index (χ0n) is 15.5. The molecule has 1 aliphatic heterocycles. The van der Waals surface area contributed by atoms with Crippen LogP contribution in [-0.2, 0) is 17.8 Å². The lowest BCUT2D eigenvalue weighted by molar-refractivity contribution is 0.0836. The number of carbonyl (C=O) groups excluding carboxylic acids is 1. The smallest absolute Gasteiger partial charge is 0.410 e. The summed E-state index contributed by atoms with van der Waals surface area (Å²) in [5.41, 5.74) is 5.87. The van der Waals surface area contributed by atoms with Crippen LogP contribution in [0.2, 0.25) is 0 Å². The van der Waals surface area contributed by atoms with E-state index in [1.54, 1.807) is 0 Å². The Bertz CT molecular complexity index is 922. The number of hydrogen-bond donors (Lipinski definition) is 0. The number of ether oxygens (including phenoxy) is 1. The molecule has 0 fully saturated rings. The minimum absolute atomic E-state index is 0.112. The van der Waals surface area contributed by atoms with Crippen molar-refractivity contribution in [3.8, 4) is 0 Å². The third-order valence-electron chi connectivity index (χ3n) is 5.18. The molecule has 3 nitrogen and oxygen atoms in total. The molecule has 4 rings (SSSR count). The summed E-state index contributed by atoms with van der Waals surface area (Å²) >= 11 is 0. The summed E-state index contributed by atoms with van der Waals surface area (Å²) in [6, 6.07) is 26.3. The van der Waals surface area contributed by atoms with Crippen molar-refractivity contribution >= 4 is 6.09 Å². The highest BCUT2D eigenvalue weighted by Gasteiger charge is 2.33. The van der Waals surface area contributed by atoms with E-state index in [-0.39, 0.29) is 18.7 Å². The quantitative estimate of drug-likeness (QED) is 0.638. The van der Waals surface area contributed by atoms with Gasteiger partial charge in [-0.2, -0.15) is 0 Å². The first-order valence-corrected chi connectivity index (χ1v) is 9.34. The number of aryl methyl sites for hydroxylation is 1. The molecule has 0 spiro atoms. The van der Waals surface area contributed by atoms with Gasteiger partial charge in [-0.3, -0.25) is 4.90 Å². The first kappa shape index (κ1) is 17.3. The monoisotopic (exact) mass is 357 g/mol. The van der Waals surface area contributed by atoms with Crippen LogP contribution in [0.15, 0.2) is 78.9 Å². The number of carbonyl (C=O) groups is 1. The molecule has 0 saturated heterocycles. The molecular formula is C24H23NO2. The van der Waals surface area contributed by atoms with Crippen LogP contribution in [-0.4, -0.2) is 17.5 Å². The van der Waals surface area contributed by atoms with Gasteiger partial charge in [-0.05, 0) is 41.2 Å². The van der Waals surface area contributed by atoms with Crippen molar-refractivity contribution in [2.75, 3.05) is 6.54 Å². The number of nitrogens with zero attached hydrogens (tertiary/aromatic N) is 1. The maximum absolute atomic E-state index is 13.0. The highest BCUT2D eigenvalue weighted by atomic mass is 16.6. The Morgan fingerprint density at radius 3 is 2.41 bits per heavy atom. The molecular weight excluding hydrogens is 334 g/mol. The fourth-order valence-corrected chi connectivity index (χ4v) is 3.86. The van der Waals surface area contributed by atoms with E-state index >= 15 is 0 Å². The van der Waals surface area contributed by atoms with E-state index in [0.29, 0.717) is 6.54 Å². The van der Waals surface area contributed by atoms with Gasteiger partial charge in [0.2, 0.25) is 0 Å². The second kappa shape index (κ2) is 7.67. The Morgan fingerprint density at radius 1 is 0.963 bits per heavy atom. The van der Waals surface area contributed by atoms with Crippen molar-refractivity contribution < 1.29 is 9.53 Å². The standard InChI is InChI=1S/C24H23NO2/c1-18-9-8-14-20-15-16-25(23(22(18)20)21-12-6-3-7-13-21)24(26)27-17-19-10-4-2-5-11-19/h2-14,23H,15-17H2,1H3. The average molecular weight is 357 g/mol. The normalized spacial score (nSPS) is 15.9. The molecule has 0 radical (unpaired) electrons. The van der Waals surface area contributed by atoms with Crippen LogP contribution in [0.1, 0.15) is 33.9 Å². The molecule has 0 bridgehead atoms. The molecule has 136 valence electrons. The lowest BCUT2D eigenvalue weighted by Crippen LogP contribution is -2.41. The van der Waals surface area contributed by atoms with Gasteiger partial charge in [0.25, 0.3) is 0 Å². The summed E-state index contributed by atoms with van der Waals surface area (Å²) in [4.78, 5) is 14.8. The van der Waals surface area contributed by atoms with E-state index in [2.05, 4.69) is 37.3 Å². The van der Waals surface area contributed by atoms with E-state index in [1.807, 2.05) is 53.4 Å². The van der Waals surface area contributed by atoms with Gasteiger partial charge in [0.1, 0.15) is 6.61 Å².